The summed E-state index contributed by atoms with van der Waals surface area (Å²) in [5.74, 6) is 2.40. The molecule has 118 valence electrons. The fourth-order valence-electron chi connectivity index (χ4n) is 2.41. The molecule has 0 N–H and O–H groups in total. The molecule has 2 aromatic rings. The molecule has 1 aliphatic rings. The molecule has 1 amide bonds. The molecular formula is C16H20N2O2S2. The van der Waals surface area contributed by atoms with Crippen molar-refractivity contribution < 1.29 is 9.32 Å². The molecular weight excluding hydrogens is 316 g/mol. The number of nitrogens with zero attached hydrogens (tertiary/aromatic N) is 2. The molecule has 0 aliphatic heterocycles. The number of amides is 1. The van der Waals surface area contributed by atoms with E-state index in [9.17, 15) is 4.79 Å². The van der Waals surface area contributed by atoms with Crippen LogP contribution in [0.4, 0.5) is 0 Å². The molecule has 2 aromatic heterocycles. The summed E-state index contributed by atoms with van der Waals surface area (Å²) in [6.45, 7) is 4.62. The summed E-state index contributed by atoms with van der Waals surface area (Å²) >= 11 is 3.36. The molecule has 2 heterocycles. The van der Waals surface area contributed by atoms with Gasteiger partial charge in [-0.25, -0.2) is 0 Å². The van der Waals surface area contributed by atoms with Gasteiger partial charge in [0.15, 0.2) is 0 Å². The summed E-state index contributed by atoms with van der Waals surface area (Å²) in [5, 5.41) is 6.02. The molecule has 6 heteroatoms. The Morgan fingerprint density at radius 3 is 2.91 bits per heavy atom. The van der Waals surface area contributed by atoms with Crippen LogP contribution < -0.4 is 0 Å². The normalized spacial score (nSPS) is 14.3. The van der Waals surface area contributed by atoms with E-state index < -0.39 is 0 Å². The summed E-state index contributed by atoms with van der Waals surface area (Å²) in [6, 6.07) is 4.60. The number of carbonyl (C=O) groups is 1. The van der Waals surface area contributed by atoms with Crippen molar-refractivity contribution in [3.63, 3.8) is 0 Å². The minimum absolute atomic E-state index is 0.243. The summed E-state index contributed by atoms with van der Waals surface area (Å²) in [5.41, 5.74) is 2.05. The molecule has 1 fully saturated rings. The molecule has 0 bridgehead atoms. The standard InChI is InChI=1S/C16H20N2O2S2/c1-11-15(12(2)20-17-11)9-21-10-16(19)18(13-5-6-13)8-14-4-3-7-22-14/h3-4,7,13H,5-6,8-10H2,1-2H3. The molecule has 1 saturated carbocycles. The Kier molecular flexibility index (Phi) is 4.88. The van der Waals surface area contributed by atoms with Crippen molar-refractivity contribution in [2.75, 3.05) is 5.75 Å². The second-order valence-corrected chi connectivity index (χ2v) is 7.65. The smallest absolute Gasteiger partial charge is 0.233 e. The summed E-state index contributed by atoms with van der Waals surface area (Å²) in [6.07, 6.45) is 2.29. The Morgan fingerprint density at radius 1 is 1.50 bits per heavy atom. The lowest BCUT2D eigenvalue weighted by molar-refractivity contribution is -0.129. The Bertz CT molecular complexity index is 613. The number of rotatable bonds is 7. The minimum atomic E-state index is 0.243. The van der Waals surface area contributed by atoms with Crippen LogP contribution in [-0.4, -0.2) is 27.8 Å². The van der Waals surface area contributed by atoms with Crippen molar-refractivity contribution in [1.29, 1.82) is 0 Å². The maximum absolute atomic E-state index is 12.5. The first-order valence-electron chi connectivity index (χ1n) is 7.46. The maximum Gasteiger partial charge on any atom is 0.233 e. The molecule has 0 spiro atoms. The number of thiophene rings is 1. The largest absolute Gasteiger partial charge is 0.361 e. The van der Waals surface area contributed by atoms with Gasteiger partial charge in [0.25, 0.3) is 0 Å². The molecule has 0 unspecified atom stereocenters. The first-order chi connectivity index (χ1) is 10.6. The topological polar surface area (TPSA) is 46.3 Å². The SMILES string of the molecule is Cc1noc(C)c1CSCC(=O)N(Cc1cccs1)C1CC1. The van der Waals surface area contributed by atoms with Gasteiger partial charge >= 0.3 is 0 Å². The van der Waals surface area contributed by atoms with Gasteiger partial charge in [0.1, 0.15) is 5.76 Å². The Balaban J connectivity index is 1.53. The van der Waals surface area contributed by atoms with Gasteiger partial charge in [0.2, 0.25) is 5.91 Å². The fraction of sp³-hybridized carbons (Fsp3) is 0.500. The van der Waals surface area contributed by atoms with Crippen molar-refractivity contribution in [3.05, 3.63) is 39.4 Å². The molecule has 0 atom stereocenters. The highest BCUT2D eigenvalue weighted by Crippen LogP contribution is 2.30. The highest BCUT2D eigenvalue weighted by atomic mass is 32.2. The number of aryl methyl sites for hydroxylation is 2. The van der Waals surface area contributed by atoms with Crippen LogP contribution in [0.3, 0.4) is 0 Å². The van der Waals surface area contributed by atoms with Gasteiger partial charge in [-0.05, 0) is 38.1 Å². The number of hydrogen-bond donors (Lipinski definition) is 0. The summed E-state index contributed by atoms with van der Waals surface area (Å²) < 4.78 is 5.16. The van der Waals surface area contributed by atoms with E-state index in [0.29, 0.717) is 11.8 Å². The predicted molar refractivity (Wildman–Crippen MR) is 90.0 cm³/mol. The molecule has 4 nitrogen and oxygen atoms in total. The van der Waals surface area contributed by atoms with E-state index in [0.717, 1.165) is 42.2 Å². The van der Waals surface area contributed by atoms with Crippen molar-refractivity contribution in [1.82, 2.24) is 10.1 Å². The molecule has 1 aliphatic carbocycles. The zero-order chi connectivity index (χ0) is 15.5. The Labute approximate surface area is 138 Å². The summed E-state index contributed by atoms with van der Waals surface area (Å²) in [7, 11) is 0. The van der Waals surface area contributed by atoms with Gasteiger partial charge in [-0.15, -0.1) is 23.1 Å². The zero-order valence-corrected chi connectivity index (χ0v) is 14.5. The third-order valence-corrected chi connectivity index (χ3v) is 5.67. The number of thioether (sulfide) groups is 1. The van der Waals surface area contributed by atoms with E-state index in [1.807, 2.05) is 24.8 Å². The Morgan fingerprint density at radius 2 is 2.32 bits per heavy atom. The van der Waals surface area contributed by atoms with E-state index in [1.54, 1.807) is 23.1 Å². The van der Waals surface area contributed by atoms with Crippen molar-refractivity contribution in [2.24, 2.45) is 0 Å². The van der Waals surface area contributed by atoms with Crippen LogP contribution in [-0.2, 0) is 17.1 Å². The van der Waals surface area contributed by atoms with E-state index in [2.05, 4.69) is 16.6 Å². The highest BCUT2D eigenvalue weighted by molar-refractivity contribution is 7.99. The van der Waals surface area contributed by atoms with Gasteiger partial charge in [-0.3, -0.25) is 4.79 Å². The second kappa shape index (κ2) is 6.87. The van der Waals surface area contributed by atoms with Crippen LogP contribution in [0, 0.1) is 13.8 Å². The van der Waals surface area contributed by atoms with Crippen LogP contribution in [0.15, 0.2) is 22.0 Å². The van der Waals surface area contributed by atoms with Crippen LogP contribution in [0.1, 0.15) is 34.7 Å². The van der Waals surface area contributed by atoms with Gasteiger partial charge in [-0.1, -0.05) is 11.2 Å². The van der Waals surface area contributed by atoms with Crippen LogP contribution in [0.2, 0.25) is 0 Å². The Hall–Kier alpha value is -1.27. The fourth-order valence-corrected chi connectivity index (χ4v) is 4.17. The monoisotopic (exact) mass is 336 g/mol. The van der Waals surface area contributed by atoms with E-state index >= 15 is 0 Å². The number of carbonyl (C=O) groups excluding carboxylic acids is 1. The van der Waals surface area contributed by atoms with E-state index in [1.165, 1.54) is 4.88 Å². The average Bonchev–Trinajstić information content (AvgIpc) is 3.12. The third kappa shape index (κ3) is 3.73. The number of hydrogen-bond acceptors (Lipinski definition) is 5. The lowest BCUT2D eigenvalue weighted by Crippen LogP contribution is -2.33. The minimum Gasteiger partial charge on any atom is -0.361 e. The number of aromatic nitrogens is 1. The van der Waals surface area contributed by atoms with Crippen molar-refractivity contribution >= 4 is 29.0 Å². The molecule has 0 aromatic carbocycles. The van der Waals surface area contributed by atoms with Crippen LogP contribution in [0.25, 0.3) is 0 Å². The molecule has 22 heavy (non-hydrogen) atoms. The quantitative estimate of drug-likeness (QED) is 0.772. The van der Waals surface area contributed by atoms with Crippen LogP contribution in [0.5, 0.6) is 0 Å². The van der Waals surface area contributed by atoms with Crippen LogP contribution >= 0.6 is 23.1 Å². The van der Waals surface area contributed by atoms with E-state index in [-0.39, 0.29) is 5.91 Å². The molecule has 0 saturated heterocycles. The van der Waals surface area contributed by atoms with E-state index in [4.69, 9.17) is 4.52 Å². The molecule has 0 radical (unpaired) electrons. The zero-order valence-electron chi connectivity index (χ0n) is 12.9. The maximum atomic E-state index is 12.5. The highest BCUT2D eigenvalue weighted by Gasteiger charge is 2.32. The van der Waals surface area contributed by atoms with Gasteiger partial charge in [0.05, 0.1) is 18.0 Å². The lowest BCUT2D eigenvalue weighted by atomic mass is 10.2. The predicted octanol–water partition coefficient (Wildman–Crippen LogP) is 3.78. The molecule has 3 rings (SSSR count). The van der Waals surface area contributed by atoms with Gasteiger partial charge in [-0.2, -0.15) is 0 Å². The van der Waals surface area contributed by atoms with Crippen molar-refractivity contribution in [2.45, 2.75) is 45.0 Å². The average molecular weight is 336 g/mol. The third-order valence-electron chi connectivity index (χ3n) is 3.87. The summed E-state index contributed by atoms with van der Waals surface area (Å²) in [4.78, 5) is 15.8. The first kappa shape index (κ1) is 15.6. The van der Waals surface area contributed by atoms with Gasteiger partial charge < -0.3 is 9.42 Å². The first-order valence-corrected chi connectivity index (χ1v) is 9.50. The van der Waals surface area contributed by atoms with Crippen molar-refractivity contribution in [3.8, 4) is 0 Å². The second-order valence-electron chi connectivity index (χ2n) is 5.63. The lowest BCUT2D eigenvalue weighted by Gasteiger charge is -2.21. The van der Waals surface area contributed by atoms with Gasteiger partial charge in [0, 0.05) is 22.2 Å².